The van der Waals surface area contributed by atoms with E-state index in [2.05, 4.69) is 0 Å². The normalized spacial score (nSPS) is 18.5. The number of carbonyl (C=O) groups is 1. The third-order valence-corrected chi connectivity index (χ3v) is 4.79. The second kappa shape index (κ2) is 7.27. The van der Waals surface area contributed by atoms with Crippen LogP contribution in [0.5, 0.6) is 0 Å². The molecule has 1 aliphatic rings. The molecule has 23 heavy (non-hydrogen) atoms. The van der Waals surface area contributed by atoms with Gasteiger partial charge in [-0.15, -0.1) is 3.89 Å². The number of aliphatic hydroxyl groups excluding tert-OH is 1. The van der Waals surface area contributed by atoms with E-state index >= 15 is 0 Å². The van der Waals surface area contributed by atoms with Gasteiger partial charge in [0.05, 0.1) is 12.4 Å². The lowest BCUT2D eigenvalue weighted by Gasteiger charge is -2.23. The molecular formula is C15H21FN2O4S. The zero-order chi connectivity index (χ0) is 17.0. The van der Waals surface area contributed by atoms with Gasteiger partial charge in [0.25, 0.3) is 0 Å². The second-order valence-corrected chi connectivity index (χ2v) is 7.01. The van der Waals surface area contributed by atoms with Gasteiger partial charge in [0.1, 0.15) is 0 Å². The van der Waals surface area contributed by atoms with Crippen LogP contribution >= 0.6 is 0 Å². The van der Waals surface area contributed by atoms with Gasteiger partial charge in [0, 0.05) is 43.3 Å². The number of nitrogens with zero attached hydrogens (tertiary/aromatic N) is 2. The van der Waals surface area contributed by atoms with Gasteiger partial charge in [-0.2, -0.15) is 8.42 Å². The van der Waals surface area contributed by atoms with Gasteiger partial charge >= 0.3 is 10.2 Å². The van der Waals surface area contributed by atoms with Gasteiger partial charge in [-0.05, 0) is 31.2 Å². The van der Waals surface area contributed by atoms with Crippen LogP contribution in [0.3, 0.4) is 0 Å². The molecule has 6 nitrogen and oxygen atoms in total. The molecule has 1 aliphatic heterocycles. The van der Waals surface area contributed by atoms with Gasteiger partial charge in [-0.25, -0.2) is 0 Å². The summed E-state index contributed by atoms with van der Waals surface area (Å²) < 4.78 is 34.2. The number of amides is 1. The van der Waals surface area contributed by atoms with Gasteiger partial charge in [0.15, 0.2) is 0 Å². The largest absolute Gasteiger partial charge is 0.395 e. The Labute approximate surface area is 135 Å². The first-order valence-corrected chi connectivity index (χ1v) is 9.08. The van der Waals surface area contributed by atoms with Crippen LogP contribution in [0, 0.1) is 5.92 Å². The summed E-state index contributed by atoms with van der Waals surface area (Å²) >= 11 is 0. The zero-order valence-electron chi connectivity index (χ0n) is 13.0. The second-order valence-electron chi connectivity index (χ2n) is 5.60. The molecule has 1 amide bonds. The number of hydrogen-bond donors (Lipinski definition) is 1. The van der Waals surface area contributed by atoms with E-state index in [1.165, 1.54) is 4.90 Å². The third-order valence-electron chi connectivity index (χ3n) is 3.92. The van der Waals surface area contributed by atoms with E-state index in [-0.39, 0.29) is 25.5 Å². The summed E-state index contributed by atoms with van der Waals surface area (Å²) in [5.74, 6) is -1.33. The van der Waals surface area contributed by atoms with Crippen molar-refractivity contribution in [2.45, 2.75) is 13.3 Å². The predicted octanol–water partition coefficient (Wildman–Crippen LogP) is 1.16. The molecule has 1 N–H and O–H groups in total. The number of halogens is 1. The molecule has 0 spiro atoms. The van der Waals surface area contributed by atoms with Crippen LogP contribution in [0.25, 0.3) is 0 Å². The van der Waals surface area contributed by atoms with Crippen LogP contribution in [0.2, 0.25) is 0 Å². The maximum absolute atomic E-state index is 12.8. The number of likely N-dealkylation sites (N-methyl/N-ethyl adjacent to an activating group) is 1. The van der Waals surface area contributed by atoms with Crippen molar-refractivity contribution in [2.24, 2.45) is 5.92 Å². The molecule has 1 saturated heterocycles. The van der Waals surface area contributed by atoms with Crippen LogP contribution in [-0.2, 0) is 15.0 Å². The smallest absolute Gasteiger partial charge is 0.302 e. The molecule has 1 aromatic rings. The molecule has 1 atom stereocenters. The van der Waals surface area contributed by atoms with E-state index in [1.807, 2.05) is 24.0 Å². The van der Waals surface area contributed by atoms with Crippen LogP contribution in [-0.4, -0.2) is 51.4 Å². The van der Waals surface area contributed by atoms with E-state index in [1.54, 1.807) is 12.1 Å². The topological polar surface area (TPSA) is 77.9 Å². The molecular weight excluding hydrogens is 323 g/mol. The molecule has 0 aromatic heterocycles. The lowest BCUT2D eigenvalue weighted by molar-refractivity contribution is -0.117. The fraction of sp³-hybridized carbons (Fsp3) is 0.533. The Hall–Kier alpha value is -1.67. The maximum Gasteiger partial charge on any atom is 0.302 e. The van der Waals surface area contributed by atoms with E-state index < -0.39 is 21.9 Å². The van der Waals surface area contributed by atoms with Crippen LogP contribution in [0.4, 0.5) is 15.3 Å². The summed E-state index contributed by atoms with van der Waals surface area (Å²) in [6, 6.07) is 7.25. The fourth-order valence-corrected chi connectivity index (χ4v) is 3.64. The molecule has 1 unspecified atom stereocenters. The molecule has 1 fully saturated rings. The minimum Gasteiger partial charge on any atom is -0.395 e. The Morgan fingerprint density at radius 3 is 2.52 bits per heavy atom. The standard InChI is InChI=1S/C15H21FN2O4S/c1-2-17(7-8-19)13-3-5-14(6-4-13)18-10-12(9-15(18)20)11-23(16,21)22/h3-6,12,19H,2,7-11H2,1H3. The molecule has 128 valence electrons. The minimum atomic E-state index is -4.57. The average molecular weight is 344 g/mol. The molecule has 0 saturated carbocycles. The van der Waals surface area contributed by atoms with E-state index in [0.717, 1.165) is 12.2 Å². The zero-order valence-corrected chi connectivity index (χ0v) is 13.8. The summed E-state index contributed by atoms with van der Waals surface area (Å²) in [6.07, 6.45) is 0.0382. The van der Waals surface area contributed by atoms with Crippen LogP contribution in [0.1, 0.15) is 13.3 Å². The molecule has 1 aromatic carbocycles. The van der Waals surface area contributed by atoms with Gasteiger partial charge in [-0.3, -0.25) is 4.79 Å². The van der Waals surface area contributed by atoms with Crippen LogP contribution in [0.15, 0.2) is 24.3 Å². The fourth-order valence-electron chi connectivity index (χ4n) is 2.86. The highest BCUT2D eigenvalue weighted by Gasteiger charge is 2.33. The molecule has 0 radical (unpaired) electrons. The van der Waals surface area contributed by atoms with E-state index in [4.69, 9.17) is 5.11 Å². The Bertz CT molecular complexity index is 648. The van der Waals surface area contributed by atoms with Crippen molar-refractivity contribution in [1.29, 1.82) is 0 Å². The van der Waals surface area contributed by atoms with Gasteiger partial charge in [-0.1, -0.05) is 0 Å². The Balaban J connectivity index is 2.09. The van der Waals surface area contributed by atoms with Crippen molar-refractivity contribution in [1.82, 2.24) is 0 Å². The third kappa shape index (κ3) is 4.65. The highest BCUT2D eigenvalue weighted by Crippen LogP contribution is 2.28. The molecule has 2 rings (SSSR count). The summed E-state index contributed by atoms with van der Waals surface area (Å²) in [7, 11) is -4.57. The number of carbonyl (C=O) groups excluding carboxylic acids is 1. The first-order chi connectivity index (χ1) is 10.8. The Morgan fingerprint density at radius 2 is 2.00 bits per heavy atom. The highest BCUT2D eigenvalue weighted by molar-refractivity contribution is 7.86. The first-order valence-electron chi connectivity index (χ1n) is 7.52. The summed E-state index contributed by atoms with van der Waals surface area (Å²) in [4.78, 5) is 15.5. The van der Waals surface area contributed by atoms with Gasteiger partial charge in [0.2, 0.25) is 5.91 Å². The van der Waals surface area contributed by atoms with Crippen molar-refractivity contribution in [3.05, 3.63) is 24.3 Å². The predicted molar refractivity (Wildman–Crippen MR) is 86.8 cm³/mol. The highest BCUT2D eigenvalue weighted by atomic mass is 32.3. The first kappa shape index (κ1) is 17.7. The minimum absolute atomic E-state index is 0.0382. The van der Waals surface area contributed by atoms with Crippen LogP contribution < -0.4 is 9.80 Å². The van der Waals surface area contributed by atoms with Crippen molar-refractivity contribution >= 4 is 27.5 Å². The number of aliphatic hydroxyl groups is 1. The average Bonchev–Trinajstić information content (AvgIpc) is 2.83. The Kier molecular flexibility index (Phi) is 5.59. The lowest BCUT2D eigenvalue weighted by atomic mass is 10.1. The summed E-state index contributed by atoms with van der Waals surface area (Å²) in [6.45, 7) is 3.51. The molecule has 0 aliphatic carbocycles. The van der Waals surface area contributed by atoms with Crippen molar-refractivity contribution < 1.29 is 22.2 Å². The van der Waals surface area contributed by atoms with E-state index in [9.17, 15) is 17.1 Å². The van der Waals surface area contributed by atoms with Gasteiger partial charge < -0.3 is 14.9 Å². The van der Waals surface area contributed by atoms with Crippen molar-refractivity contribution in [2.75, 3.05) is 41.8 Å². The SMILES string of the molecule is CCN(CCO)c1ccc(N2CC(CS(=O)(=O)F)CC2=O)cc1. The lowest BCUT2D eigenvalue weighted by Crippen LogP contribution is -2.27. The number of hydrogen-bond acceptors (Lipinski definition) is 5. The monoisotopic (exact) mass is 344 g/mol. The number of anilines is 2. The quantitative estimate of drug-likeness (QED) is 0.751. The molecule has 1 heterocycles. The number of benzene rings is 1. The van der Waals surface area contributed by atoms with Crippen molar-refractivity contribution in [3.63, 3.8) is 0 Å². The summed E-state index contributed by atoms with van der Waals surface area (Å²) in [5.41, 5.74) is 1.59. The Morgan fingerprint density at radius 1 is 1.35 bits per heavy atom. The van der Waals surface area contributed by atoms with Crippen molar-refractivity contribution in [3.8, 4) is 0 Å². The maximum atomic E-state index is 12.8. The number of rotatable bonds is 7. The molecule has 0 bridgehead atoms. The van der Waals surface area contributed by atoms with E-state index in [0.29, 0.717) is 12.2 Å². The molecule has 8 heteroatoms. The summed E-state index contributed by atoms with van der Waals surface area (Å²) in [5, 5.41) is 9.04.